The third kappa shape index (κ3) is 4.70. The maximum Gasteiger partial charge on any atom is 0.0816 e. The molecule has 0 bridgehead atoms. The van der Waals surface area contributed by atoms with Crippen LogP contribution < -0.4 is 0 Å². The van der Waals surface area contributed by atoms with Crippen LogP contribution >= 0.6 is 11.8 Å². The summed E-state index contributed by atoms with van der Waals surface area (Å²) in [6.45, 7) is 4.89. The van der Waals surface area contributed by atoms with Crippen LogP contribution in [0.4, 0.5) is 0 Å². The van der Waals surface area contributed by atoms with E-state index in [0.29, 0.717) is 6.61 Å². The van der Waals surface area contributed by atoms with Crippen molar-refractivity contribution in [2.75, 3.05) is 19.5 Å². The SMILES string of the molecule is CCSc1ccc(C(O)C(C)CCOC)cc1. The van der Waals surface area contributed by atoms with E-state index in [4.69, 9.17) is 4.74 Å². The standard InChI is InChI=1S/C14H22O2S/c1-4-17-13-7-5-12(6-8-13)14(15)11(2)9-10-16-3/h5-8,11,14-15H,4,9-10H2,1-3H3. The Morgan fingerprint density at radius 1 is 1.29 bits per heavy atom. The molecule has 2 unspecified atom stereocenters. The lowest BCUT2D eigenvalue weighted by molar-refractivity contribution is 0.0886. The van der Waals surface area contributed by atoms with Crippen molar-refractivity contribution >= 4 is 11.8 Å². The largest absolute Gasteiger partial charge is 0.388 e. The fourth-order valence-corrected chi connectivity index (χ4v) is 2.38. The van der Waals surface area contributed by atoms with Crippen LogP contribution in [0.2, 0.25) is 0 Å². The van der Waals surface area contributed by atoms with Crippen LogP contribution in [0.5, 0.6) is 0 Å². The van der Waals surface area contributed by atoms with Gasteiger partial charge in [-0.15, -0.1) is 11.8 Å². The van der Waals surface area contributed by atoms with Gasteiger partial charge in [-0.25, -0.2) is 0 Å². The fraction of sp³-hybridized carbons (Fsp3) is 0.571. The number of ether oxygens (including phenoxy) is 1. The molecule has 0 amide bonds. The summed E-state index contributed by atoms with van der Waals surface area (Å²) < 4.78 is 5.04. The molecule has 1 aromatic carbocycles. The first-order valence-electron chi connectivity index (χ1n) is 6.08. The van der Waals surface area contributed by atoms with Gasteiger partial charge in [0.2, 0.25) is 0 Å². The molecule has 0 aliphatic heterocycles. The number of benzene rings is 1. The zero-order valence-corrected chi connectivity index (χ0v) is 11.7. The molecule has 17 heavy (non-hydrogen) atoms. The summed E-state index contributed by atoms with van der Waals surface area (Å²) in [4.78, 5) is 1.26. The molecule has 2 atom stereocenters. The van der Waals surface area contributed by atoms with Crippen molar-refractivity contribution in [1.29, 1.82) is 0 Å². The first-order valence-corrected chi connectivity index (χ1v) is 7.07. The van der Waals surface area contributed by atoms with E-state index in [1.807, 2.05) is 23.9 Å². The van der Waals surface area contributed by atoms with Gasteiger partial charge in [0.25, 0.3) is 0 Å². The molecule has 1 N–H and O–H groups in total. The Bertz CT molecular complexity index is 311. The third-order valence-corrected chi connectivity index (χ3v) is 3.74. The van der Waals surface area contributed by atoms with Gasteiger partial charge in [-0.2, -0.15) is 0 Å². The number of hydrogen-bond donors (Lipinski definition) is 1. The van der Waals surface area contributed by atoms with Gasteiger partial charge in [0.15, 0.2) is 0 Å². The summed E-state index contributed by atoms with van der Waals surface area (Å²) >= 11 is 1.82. The third-order valence-electron chi connectivity index (χ3n) is 2.85. The topological polar surface area (TPSA) is 29.5 Å². The first-order chi connectivity index (χ1) is 8.19. The van der Waals surface area contributed by atoms with Crippen molar-refractivity contribution in [3.8, 4) is 0 Å². The molecule has 1 aromatic rings. The van der Waals surface area contributed by atoms with E-state index in [2.05, 4.69) is 26.0 Å². The lowest BCUT2D eigenvalue weighted by Crippen LogP contribution is -2.11. The van der Waals surface area contributed by atoms with E-state index < -0.39 is 6.10 Å². The lowest BCUT2D eigenvalue weighted by Gasteiger charge is -2.19. The van der Waals surface area contributed by atoms with E-state index in [-0.39, 0.29) is 5.92 Å². The molecule has 0 radical (unpaired) electrons. The molecule has 0 fully saturated rings. The zero-order valence-electron chi connectivity index (χ0n) is 10.8. The molecule has 0 aliphatic rings. The summed E-state index contributed by atoms with van der Waals surface area (Å²) in [6, 6.07) is 8.20. The Balaban J connectivity index is 2.58. The molecule has 96 valence electrons. The highest BCUT2D eigenvalue weighted by Crippen LogP contribution is 2.26. The second kappa shape index (κ2) is 7.75. The van der Waals surface area contributed by atoms with E-state index in [9.17, 15) is 5.11 Å². The monoisotopic (exact) mass is 254 g/mol. The van der Waals surface area contributed by atoms with Gasteiger partial charge >= 0.3 is 0 Å². The highest BCUT2D eigenvalue weighted by molar-refractivity contribution is 7.99. The predicted octanol–water partition coefficient (Wildman–Crippen LogP) is 3.50. The van der Waals surface area contributed by atoms with Crippen molar-refractivity contribution in [3.63, 3.8) is 0 Å². The van der Waals surface area contributed by atoms with Crippen LogP contribution in [0.3, 0.4) is 0 Å². The summed E-state index contributed by atoms with van der Waals surface area (Å²) in [5.74, 6) is 1.30. The quantitative estimate of drug-likeness (QED) is 0.755. The minimum atomic E-state index is -0.397. The average Bonchev–Trinajstić information content (AvgIpc) is 2.36. The smallest absolute Gasteiger partial charge is 0.0816 e. The van der Waals surface area contributed by atoms with Crippen LogP contribution in [-0.4, -0.2) is 24.6 Å². The van der Waals surface area contributed by atoms with Gasteiger partial charge in [-0.05, 0) is 35.8 Å². The fourth-order valence-electron chi connectivity index (χ4n) is 1.72. The predicted molar refractivity (Wildman–Crippen MR) is 73.5 cm³/mol. The van der Waals surface area contributed by atoms with Crippen molar-refractivity contribution in [3.05, 3.63) is 29.8 Å². The van der Waals surface area contributed by atoms with Gasteiger partial charge in [-0.3, -0.25) is 0 Å². The van der Waals surface area contributed by atoms with Crippen LogP contribution in [0.25, 0.3) is 0 Å². The molecular weight excluding hydrogens is 232 g/mol. The van der Waals surface area contributed by atoms with Crippen LogP contribution in [0.1, 0.15) is 31.9 Å². The molecule has 0 spiro atoms. The summed E-state index contributed by atoms with van der Waals surface area (Å²) in [6.07, 6.45) is 0.481. The first kappa shape index (κ1) is 14.6. The van der Waals surface area contributed by atoms with Crippen molar-refractivity contribution < 1.29 is 9.84 Å². The number of hydrogen-bond acceptors (Lipinski definition) is 3. The van der Waals surface area contributed by atoms with Gasteiger partial charge in [0.1, 0.15) is 0 Å². The maximum absolute atomic E-state index is 10.2. The van der Waals surface area contributed by atoms with E-state index in [0.717, 1.165) is 17.7 Å². The minimum absolute atomic E-state index is 0.222. The Hall–Kier alpha value is -0.510. The highest BCUT2D eigenvalue weighted by atomic mass is 32.2. The highest BCUT2D eigenvalue weighted by Gasteiger charge is 2.15. The summed E-state index contributed by atoms with van der Waals surface area (Å²) in [7, 11) is 1.69. The molecule has 0 saturated carbocycles. The van der Waals surface area contributed by atoms with Crippen molar-refractivity contribution in [2.24, 2.45) is 5.92 Å². The Kier molecular flexibility index (Phi) is 6.63. The zero-order chi connectivity index (χ0) is 12.7. The molecule has 1 rings (SSSR count). The van der Waals surface area contributed by atoms with Gasteiger partial charge in [0.05, 0.1) is 6.10 Å². The second-order valence-corrected chi connectivity index (χ2v) is 5.54. The molecule has 3 heteroatoms. The van der Waals surface area contributed by atoms with E-state index >= 15 is 0 Å². The van der Waals surface area contributed by atoms with Crippen molar-refractivity contribution in [1.82, 2.24) is 0 Å². The Morgan fingerprint density at radius 2 is 1.94 bits per heavy atom. The Labute approximate surface area is 108 Å². The van der Waals surface area contributed by atoms with Crippen molar-refractivity contribution in [2.45, 2.75) is 31.3 Å². The number of aliphatic hydroxyl groups excluding tert-OH is 1. The maximum atomic E-state index is 10.2. The van der Waals surface area contributed by atoms with Crippen LogP contribution in [0, 0.1) is 5.92 Å². The van der Waals surface area contributed by atoms with Gasteiger partial charge < -0.3 is 9.84 Å². The number of aliphatic hydroxyl groups is 1. The Morgan fingerprint density at radius 3 is 2.47 bits per heavy atom. The molecule has 0 saturated heterocycles. The van der Waals surface area contributed by atoms with E-state index in [1.165, 1.54) is 4.90 Å². The lowest BCUT2D eigenvalue weighted by atomic mass is 9.95. The number of methoxy groups -OCH3 is 1. The molecule has 0 aliphatic carbocycles. The molecule has 0 heterocycles. The number of thioether (sulfide) groups is 1. The summed E-state index contributed by atoms with van der Waals surface area (Å²) in [5.41, 5.74) is 0.994. The van der Waals surface area contributed by atoms with Gasteiger partial charge in [-0.1, -0.05) is 26.0 Å². The van der Waals surface area contributed by atoms with Crippen LogP contribution in [-0.2, 0) is 4.74 Å². The average molecular weight is 254 g/mol. The minimum Gasteiger partial charge on any atom is -0.388 e. The molecule has 2 nitrogen and oxygen atoms in total. The summed E-state index contributed by atoms with van der Waals surface area (Å²) in [5, 5.41) is 10.2. The second-order valence-electron chi connectivity index (χ2n) is 4.21. The van der Waals surface area contributed by atoms with Crippen LogP contribution in [0.15, 0.2) is 29.2 Å². The van der Waals surface area contributed by atoms with Gasteiger partial charge in [0, 0.05) is 18.6 Å². The normalized spacial score (nSPS) is 14.6. The molecular formula is C14H22O2S. The molecule has 0 aromatic heterocycles. The van der Waals surface area contributed by atoms with E-state index in [1.54, 1.807) is 7.11 Å². The number of rotatable bonds is 7.